The van der Waals surface area contributed by atoms with Crippen LogP contribution in [-0.2, 0) is 28.9 Å². The highest BCUT2D eigenvalue weighted by Gasteiger charge is 2.39. The summed E-state index contributed by atoms with van der Waals surface area (Å²) >= 11 is 0. The van der Waals surface area contributed by atoms with Crippen molar-refractivity contribution in [2.24, 2.45) is 0 Å². The average molecular weight is 439 g/mol. The number of hydrogen-bond donors (Lipinski definition) is 0. The largest absolute Gasteiger partial charge is 0.387 e. The predicted octanol–water partition coefficient (Wildman–Crippen LogP) is 4.14. The van der Waals surface area contributed by atoms with Gasteiger partial charge in [-0.3, -0.25) is 0 Å². The van der Waals surface area contributed by atoms with Crippen molar-refractivity contribution in [3.8, 4) is 0 Å². The quantitative estimate of drug-likeness (QED) is 0.432. The molecular weight excluding hydrogens is 412 g/mol. The molecule has 0 aliphatic heterocycles. The number of rotatable bonds is 9. The van der Waals surface area contributed by atoms with Gasteiger partial charge in [-0.15, -0.1) is 0 Å². The van der Waals surface area contributed by atoms with Crippen LogP contribution in [0.2, 0.25) is 0 Å². The minimum atomic E-state index is -3.93. The van der Waals surface area contributed by atoms with Gasteiger partial charge in [-0.1, -0.05) is 42.3 Å². The van der Waals surface area contributed by atoms with Crippen LogP contribution in [0.4, 0.5) is 0 Å². The summed E-state index contributed by atoms with van der Waals surface area (Å²) in [5.74, 6) is 0. The first-order valence-electron chi connectivity index (χ1n) is 9.12. The van der Waals surface area contributed by atoms with Gasteiger partial charge in [-0.25, -0.2) is 8.42 Å². The molecular formula is C21H26O6S2. The maximum atomic E-state index is 13.0. The molecule has 8 heteroatoms. The Balaban J connectivity index is 2.04. The molecule has 158 valence electrons. The van der Waals surface area contributed by atoms with Crippen molar-refractivity contribution in [2.75, 3.05) is 6.61 Å². The highest BCUT2D eigenvalue weighted by Crippen LogP contribution is 2.30. The monoisotopic (exact) mass is 438 g/mol. The first-order chi connectivity index (χ1) is 13.5. The Morgan fingerprint density at radius 3 is 1.83 bits per heavy atom. The molecule has 0 saturated carbocycles. The van der Waals surface area contributed by atoms with E-state index in [2.05, 4.69) is 0 Å². The van der Waals surface area contributed by atoms with Crippen LogP contribution >= 0.6 is 0 Å². The fourth-order valence-corrected chi connectivity index (χ4v) is 4.87. The molecule has 0 amide bonds. The van der Waals surface area contributed by atoms with E-state index < -0.39 is 24.9 Å². The van der Waals surface area contributed by atoms with Crippen molar-refractivity contribution >= 4 is 20.0 Å². The SMILES string of the molecule is CCC(C)(OCC=COS(=O)(=O)c1ccc(C)cc1)S(=O)(=O)c1ccc(C)cc1. The smallest absolute Gasteiger partial charge is 0.338 e. The molecule has 0 radical (unpaired) electrons. The molecule has 2 aromatic rings. The van der Waals surface area contributed by atoms with E-state index in [0.717, 1.165) is 17.4 Å². The lowest BCUT2D eigenvalue weighted by Gasteiger charge is -2.28. The van der Waals surface area contributed by atoms with Gasteiger partial charge in [-0.2, -0.15) is 8.42 Å². The predicted molar refractivity (Wildman–Crippen MR) is 112 cm³/mol. The lowest BCUT2D eigenvalue weighted by molar-refractivity contribution is 0.0471. The summed E-state index contributed by atoms with van der Waals surface area (Å²) in [4.78, 5) is -1.24. The second-order valence-electron chi connectivity index (χ2n) is 6.85. The highest BCUT2D eigenvalue weighted by molar-refractivity contribution is 7.92. The van der Waals surface area contributed by atoms with Crippen molar-refractivity contribution in [2.45, 2.75) is 48.8 Å². The lowest BCUT2D eigenvalue weighted by atomic mass is 10.2. The standard InChI is InChI=1S/C21H26O6S2/c1-5-21(4,28(22,23)19-11-7-17(2)8-12-19)26-15-6-16-27-29(24,25)20-13-9-18(3)10-14-20/h6-14,16H,5,15H2,1-4H3. The van der Waals surface area contributed by atoms with Gasteiger partial charge < -0.3 is 8.92 Å². The van der Waals surface area contributed by atoms with Gasteiger partial charge in [0, 0.05) is 0 Å². The number of sulfone groups is 1. The summed E-state index contributed by atoms with van der Waals surface area (Å²) in [6.07, 6.45) is 2.54. The number of aryl methyl sites for hydroxylation is 2. The first kappa shape index (κ1) is 23.1. The summed E-state index contributed by atoms with van der Waals surface area (Å²) in [7, 11) is -7.68. The molecule has 29 heavy (non-hydrogen) atoms. The van der Waals surface area contributed by atoms with Gasteiger partial charge >= 0.3 is 10.1 Å². The Morgan fingerprint density at radius 2 is 1.34 bits per heavy atom. The summed E-state index contributed by atoms with van der Waals surface area (Å²) in [5.41, 5.74) is 1.89. The van der Waals surface area contributed by atoms with Gasteiger partial charge in [0.1, 0.15) is 11.2 Å². The molecule has 6 nitrogen and oxygen atoms in total. The zero-order valence-corrected chi connectivity index (χ0v) is 18.6. The zero-order chi connectivity index (χ0) is 21.7. The Bertz CT molecular complexity index is 1050. The van der Waals surface area contributed by atoms with Crippen LogP contribution in [0, 0.1) is 13.8 Å². The van der Waals surface area contributed by atoms with Crippen LogP contribution < -0.4 is 0 Å². The average Bonchev–Trinajstić information content (AvgIpc) is 2.68. The molecule has 2 rings (SSSR count). The van der Waals surface area contributed by atoms with E-state index in [1.54, 1.807) is 43.3 Å². The van der Waals surface area contributed by atoms with Crippen LogP contribution in [-0.4, -0.2) is 28.4 Å². The number of benzene rings is 2. The Kier molecular flexibility index (Phi) is 7.26. The van der Waals surface area contributed by atoms with Crippen LogP contribution in [0.15, 0.2) is 70.7 Å². The van der Waals surface area contributed by atoms with Crippen molar-refractivity contribution < 1.29 is 25.8 Å². The minimum Gasteiger partial charge on any atom is -0.387 e. The van der Waals surface area contributed by atoms with E-state index >= 15 is 0 Å². The topological polar surface area (TPSA) is 86.7 Å². The Hall–Kier alpha value is -2.16. The van der Waals surface area contributed by atoms with E-state index in [-0.39, 0.29) is 22.8 Å². The fraction of sp³-hybridized carbons (Fsp3) is 0.333. The molecule has 1 atom stereocenters. The molecule has 0 N–H and O–H groups in total. The van der Waals surface area contributed by atoms with Crippen LogP contribution in [0.3, 0.4) is 0 Å². The van der Waals surface area contributed by atoms with Crippen LogP contribution in [0.5, 0.6) is 0 Å². The third-order valence-corrected chi connectivity index (χ3v) is 8.27. The maximum absolute atomic E-state index is 13.0. The molecule has 0 fully saturated rings. The van der Waals surface area contributed by atoms with Crippen molar-refractivity contribution in [3.63, 3.8) is 0 Å². The van der Waals surface area contributed by atoms with E-state index in [1.165, 1.54) is 25.1 Å². The van der Waals surface area contributed by atoms with E-state index in [9.17, 15) is 16.8 Å². The minimum absolute atomic E-state index is 0.0361. The van der Waals surface area contributed by atoms with Crippen LogP contribution in [0.25, 0.3) is 0 Å². The fourth-order valence-electron chi connectivity index (χ4n) is 2.47. The second kappa shape index (κ2) is 9.11. The molecule has 0 aliphatic carbocycles. The summed E-state index contributed by atoms with van der Waals surface area (Å²) in [6.45, 7) is 6.82. The summed E-state index contributed by atoms with van der Waals surface area (Å²) in [6, 6.07) is 12.8. The maximum Gasteiger partial charge on any atom is 0.338 e. The molecule has 0 spiro atoms. The lowest BCUT2D eigenvalue weighted by Crippen LogP contribution is -2.38. The molecule has 2 aromatic carbocycles. The van der Waals surface area contributed by atoms with Crippen molar-refractivity contribution in [1.82, 2.24) is 0 Å². The highest BCUT2D eigenvalue weighted by atomic mass is 32.2. The van der Waals surface area contributed by atoms with Crippen molar-refractivity contribution in [3.05, 3.63) is 72.0 Å². The Morgan fingerprint density at radius 1 is 0.862 bits per heavy atom. The van der Waals surface area contributed by atoms with E-state index in [1.807, 2.05) is 13.8 Å². The van der Waals surface area contributed by atoms with E-state index in [4.69, 9.17) is 8.92 Å². The molecule has 0 aromatic heterocycles. The molecule has 0 saturated heterocycles. The molecule has 0 aliphatic rings. The Labute approximate surface area is 173 Å². The first-order valence-corrected chi connectivity index (χ1v) is 12.0. The molecule has 1 unspecified atom stereocenters. The third kappa shape index (κ3) is 5.46. The molecule has 0 bridgehead atoms. The van der Waals surface area contributed by atoms with Crippen LogP contribution in [0.1, 0.15) is 31.4 Å². The van der Waals surface area contributed by atoms with Gasteiger partial charge in [-0.05, 0) is 57.5 Å². The third-order valence-electron chi connectivity index (χ3n) is 4.61. The molecule has 0 heterocycles. The number of ether oxygens (including phenoxy) is 1. The van der Waals surface area contributed by atoms with Gasteiger partial charge in [0.15, 0.2) is 4.93 Å². The number of hydrogen-bond acceptors (Lipinski definition) is 6. The van der Waals surface area contributed by atoms with Gasteiger partial charge in [0.2, 0.25) is 9.84 Å². The van der Waals surface area contributed by atoms with Gasteiger partial charge in [0.05, 0.1) is 11.5 Å². The summed E-state index contributed by atoms with van der Waals surface area (Å²) in [5, 5.41) is 0. The van der Waals surface area contributed by atoms with E-state index in [0.29, 0.717) is 0 Å². The second-order valence-corrected chi connectivity index (χ2v) is 10.8. The normalized spacial score (nSPS) is 14.6. The summed E-state index contributed by atoms with van der Waals surface area (Å²) < 4.78 is 60.6. The van der Waals surface area contributed by atoms with Gasteiger partial charge in [0.25, 0.3) is 0 Å². The zero-order valence-electron chi connectivity index (χ0n) is 17.0. The van der Waals surface area contributed by atoms with Crippen molar-refractivity contribution in [1.29, 1.82) is 0 Å².